The molecule has 7 aromatic carbocycles. The van der Waals surface area contributed by atoms with Crippen molar-refractivity contribution in [3.05, 3.63) is 163 Å². The second-order valence-corrected chi connectivity index (χ2v) is 12.1. The molecule has 10 aromatic rings. The predicted molar refractivity (Wildman–Crippen MR) is 194 cm³/mol. The molecular weight excluding hydrogens is 573 g/mol. The molecule has 0 atom stereocenters. The Balaban J connectivity index is 1.43. The summed E-state index contributed by atoms with van der Waals surface area (Å²) < 4.78 is 7.18. The zero-order chi connectivity index (χ0) is 31.1. The Morgan fingerprint density at radius 1 is 0.362 bits per heavy atom. The van der Waals surface area contributed by atoms with Gasteiger partial charge in [0.2, 0.25) is 0 Å². The van der Waals surface area contributed by atoms with Gasteiger partial charge in [-0.3, -0.25) is 0 Å². The molecule has 0 aliphatic rings. The van der Waals surface area contributed by atoms with Gasteiger partial charge >= 0.3 is 0 Å². The van der Waals surface area contributed by atoms with E-state index in [2.05, 4.69) is 159 Å². The van der Waals surface area contributed by atoms with Crippen molar-refractivity contribution < 1.29 is 0 Å². The van der Waals surface area contributed by atoms with E-state index >= 15 is 0 Å². The van der Waals surface area contributed by atoms with Crippen LogP contribution in [0.5, 0.6) is 0 Å². The van der Waals surface area contributed by atoms with Gasteiger partial charge in [0.05, 0.1) is 50.4 Å². The summed E-state index contributed by atoms with van der Waals surface area (Å²) in [5.41, 5.74) is 10.7. The van der Waals surface area contributed by atoms with Gasteiger partial charge in [-0.25, -0.2) is 0 Å². The third-order valence-corrected chi connectivity index (χ3v) is 9.65. The minimum Gasteiger partial charge on any atom is -0.308 e. The molecule has 4 heteroatoms. The summed E-state index contributed by atoms with van der Waals surface area (Å²) in [6, 6.07) is 58.2. The number of benzene rings is 7. The highest BCUT2D eigenvalue weighted by Gasteiger charge is 2.24. The molecule has 0 saturated carbocycles. The minimum absolute atomic E-state index is 0.683. The van der Waals surface area contributed by atoms with Crippen LogP contribution in [0, 0.1) is 11.3 Å². The van der Waals surface area contributed by atoms with Gasteiger partial charge in [-0.1, -0.05) is 97.1 Å². The molecule has 0 bridgehead atoms. The Kier molecular flexibility index (Phi) is 5.32. The van der Waals surface area contributed by atoms with Gasteiger partial charge in [0, 0.05) is 43.7 Å². The molecule has 218 valence electrons. The molecule has 0 amide bonds. The number of para-hydroxylation sites is 5. The highest BCUT2D eigenvalue weighted by atomic mass is 15.1. The lowest BCUT2D eigenvalue weighted by atomic mass is 10.0. The van der Waals surface area contributed by atoms with Crippen molar-refractivity contribution in [1.29, 1.82) is 5.26 Å². The van der Waals surface area contributed by atoms with Crippen LogP contribution < -0.4 is 0 Å². The van der Waals surface area contributed by atoms with Crippen LogP contribution >= 0.6 is 0 Å². The third kappa shape index (κ3) is 3.46. The van der Waals surface area contributed by atoms with Gasteiger partial charge in [0.15, 0.2) is 0 Å². The summed E-state index contributed by atoms with van der Waals surface area (Å²) in [4.78, 5) is 0. The fourth-order valence-corrected chi connectivity index (χ4v) is 7.83. The van der Waals surface area contributed by atoms with Crippen LogP contribution in [-0.2, 0) is 0 Å². The number of fused-ring (bicyclic) bond motifs is 10. The van der Waals surface area contributed by atoms with Gasteiger partial charge in [0.25, 0.3) is 0 Å². The highest BCUT2D eigenvalue weighted by Crippen LogP contribution is 2.44. The molecular formula is C43H26N4. The quantitative estimate of drug-likeness (QED) is 0.199. The van der Waals surface area contributed by atoms with E-state index in [0.717, 1.165) is 55.4 Å². The van der Waals surface area contributed by atoms with Crippen molar-refractivity contribution in [1.82, 2.24) is 13.7 Å². The Bertz CT molecular complexity index is 2900. The normalized spacial score (nSPS) is 11.8. The zero-order valence-electron chi connectivity index (χ0n) is 25.3. The first-order valence-electron chi connectivity index (χ1n) is 15.9. The number of nitrogens with zero attached hydrogens (tertiary/aromatic N) is 4. The van der Waals surface area contributed by atoms with Crippen LogP contribution in [-0.4, -0.2) is 13.7 Å². The number of hydrogen-bond donors (Lipinski definition) is 0. The minimum atomic E-state index is 0.683. The van der Waals surface area contributed by atoms with Crippen molar-refractivity contribution >= 4 is 65.4 Å². The topological polar surface area (TPSA) is 38.6 Å². The van der Waals surface area contributed by atoms with Gasteiger partial charge in [-0.05, 0) is 60.7 Å². The van der Waals surface area contributed by atoms with E-state index in [9.17, 15) is 5.26 Å². The largest absolute Gasteiger partial charge is 0.308 e. The first kappa shape index (κ1) is 25.7. The molecule has 0 aliphatic carbocycles. The molecule has 10 rings (SSSR count). The average molecular weight is 599 g/mol. The Labute approximate surface area is 270 Å². The van der Waals surface area contributed by atoms with Crippen molar-refractivity contribution in [3.8, 4) is 23.1 Å². The molecule has 0 saturated heterocycles. The lowest BCUT2D eigenvalue weighted by Crippen LogP contribution is -2.00. The van der Waals surface area contributed by atoms with Crippen molar-refractivity contribution in [3.63, 3.8) is 0 Å². The Morgan fingerprint density at radius 2 is 0.915 bits per heavy atom. The first-order chi connectivity index (χ1) is 23.3. The highest BCUT2D eigenvalue weighted by molar-refractivity contribution is 6.27. The summed E-state index contributed by atoms with van der Waals surface area (Å²) in [5.74, 6) is 0. The summed E-state index contributed by atoms with van der Waals surface area (Å²) >= 11 is 0. The van der Waals surface area contributed by atoms with Crippen molar-refractivity contribution in [2.75, 3.05) is 0 Å². The molecule has 4 nitrogen and oxygen atoms in total. The number of aromatic nitrogens is 3. The lowest BCUT2D eigenvalue weighted by molar-refractivity contribution is 1.13. The maximum absolute atomic E-state index is 10.2. The molecule has 47 heavy (non-hydrogen) atoms. The monoisotopic (exact) mass is 598 g/mol. The Hall–Kier alpha value is -6.57. The van der Waals surface area contributed by atoms with Crippen LogP contribution in [0.4, 0.5) is 0 Å². The zero-order valence-corrected chi connectivity index (χ0v) is 25.3. The maximum atomic E-state index is 10.2. The standard InChI is InChI=1S/C43H26N4/c44-27-28-13-11-23-37-40(28)34-25-26-38-41(43(34)46(37)30-16-5-2-6-17-30)33-19-8-10-22-36(33)47(38)39-24-12-20-32-31-18-7-9-21-35(31)45(42(32)39)29-14-3-1-4-15-29/h1-26H. The number of rotatable bonds is 3. The molecule has 0 aliphatic heterocycles. The third-order valence-electron chi connectivity index (χ3n) is 9.65. The van der Waals surface area contributed by atoms with Crippen LogP contribution in [0.1, 0.15) is 5.56 Å². The van der Waals surface area contributed by atoms with E-state index in [4.69, 9.17) is 0 Å². The van der Waals surface area contributed by atoms with E-state index in [1.807, 2.05) is 18.2 Å². The second kappa shape index (κ2) is 9.71. The Morgan fingerprint density at radius 3 is 1.64 bits per heavy atom. The molecule has 0 fully saturated rings. The summed E-state index contributed by atoms with van der Waals surface area (Å²) in [6.45, 7) is 0. The first-order valence-corrected chi connectivity index (χ1v) is 15.9. The molecule has 3 heterocycles. The molecule has 0 N–H and O–H groups in total. The predicted octanol–water partition coefficient (Wildman–Crippen LogP) is 10.8. The summed E-state index contributed by atoms with van der Waals surface area (Å²) in [7, 11) is 0. The molecule has 0 radical (unpaired) electrons. The van der Waals surface area contributed by atoms with Crippen LogP contribution in [0.15, 0.2) is 158 Å². The van der Waals surface area contributed by atoms with Gasteiger partial charge in [0.1, 0.15) is 0 Å². The average Bonchev–Trinajstić information content (AvgIpc) is 3.78. The number of hydrogen-bond acceptors (Lipinski definition) is 1. The SMILES string of the molecule is N#Cc1cccc2c1c1ccc3c(c4ccccc4n3-c3cccc4c5ccccc5n(-c5ccccc5)c34)c1n2-c1ccccc1. The van der Waals surface area contributed by atoms with Gasteiger partial charge < -0.3 is 13.7 Å². The van der Waals surface area contributed by atoms with Crippen molar-refractivity contribution in [2.24, 2.45) is 0 Å². The van der Waals surface area contributed by atoms with E-state index in [-0.39, 0.29) is 0 Å². The van der Waals surface area contributed by atoms with E-state index in [1.165, 1.54) is 27.1 Å². The smallest absolute Gasteiger partial charge is 0.0998 e. The molecule has 0 spiro atoms. The molecule has 0 unspecified atom stereocenters. The van der Waals surface area contributed by atoms with Crippen LogP contribution in [0.25, 0.3) is 82.5 Å². The van der Waals surface area contributed by atoms with Gasteiger partial charge in [-0.15, -0.1) is 0 Å². The fourth-order valence-electron chi connectivity index (χ4n) is 7.83. The fraction of sp³-hybridized carbons (Fsp3) is 0. The second-order valence-electron chi connectivity index (χ2n) is 12.1. The van der Waals surface area contributed by atoms with E-state index < -0.39 is 0 Å². The lowest BCUT2D eigenvalue weighted by Gasteiger charge is -2.14. The van der Waals surface area contributed by atoms with Crippen LogP contribution in [0.3, 0.4) is 0 Å². The molecule has 3 aromatic heterocycles. The van der Waals surface area contributed by atoms with E-state index in [1.54, 1.807) is 0 Å². The van der Waals surface area contributed by atoms with Crippen molar-refractivity contribution in [2.45, 2.75) is 0 Å². The number of nitriles is 1. The maximum Gasteiger partial charge on any atom is 0.0998 e. The summed E-state index contributed by atoms with van der Waals surface area (Å²) in [5, 5.41) is 17.1. The summed E-state index contributed by atoms with van der Waals surface area (Å²) in [6.07, 6.45) is 0. The van der Waals surface area contributed by atoms with Crippen LogP contribution in [0.2, 0.25) is 0 Å². The van der Waals surface area contributed by atoms with E-state index in [0.29, 0.717) is 5.56 Å². The van der Waals surface area contributed by atoms with Gasteiger partial charge in [-0.2, -0.15) is 5.26 Å².